The highest BCUT2D eigenvalue weighted by Gasteiger charge is 2.16. The summed E-state index contributed by atoms with van der Waals surface area (Å²) >= 11 is 11.9. The fraction of sp³-hybridized carbons (Fsp3) is 0.188. The highest BCUT2D eigenvalue weighted by atomic mass is 35.5. The van der Waals surface area contributed by atoms with Crippen molar-refractivity contribution < 1.29 is 9.67 Å². The molecule has 0 aliphatic heterocycles. The Morgan fingerprint density at radius 1 is 1.23 bits per heavy atom. The Morgan fingerprint density at radius 2 is 2.00 bits per heavy atom. The van der Waals surface area contributed by atoms with Gasteiger partial charge in [0.15, 0.2) is 0 Å². The molecule has 0 saturated carbocycles. The molecule has 2 aromatic carbocycles. The minimum absolute atomic E-state index is 0.0535. The number of anilines is 1. The van der Waals surface area contributed by atoms with Crippen LogP contribution in [-0.2, 0) is 13.1 Å². The topological polar surface area (TPSA) is 51.9 Å². The average Bonchev–Trinajstić information content (AvgIpc) is 2.86. The number of aromatic hydroxyl groups is 1. The van der Waals surface area contributed by atoms with Crippen LogP contribution < -0.4 is 9.88 Å². The highest BCUT2D eigenvalue weighted by molar-refractivity contribution is 6.35. The molecule has 1 heterocycles. The fourth-order valence-electron chi connectivity index (χ4n) is 2.53. The lowest BCUT2D eigenvalue weighted by molar-refractivity contribution is -0.653. The number of aromatic nitrogens is 2. The second kappa shape index (κ2) is 6.07. The van der Waals surface area contributed by atoms with Crippen LogP contribution in [0, 0.1) is 0 Å². The van der Waals surface area contributed by atoms with Crippen molar-refractivity contribution in [3.8, 4) is 5.75 Å². The molecule has 0 atom stereocenters. The highest BCUT2D eigenvalue weighted by Crippen LogP contribution is 2.31. The number of benzene rings is 2. The van der Waals surface area contributed by atoms with Crippen molar-refractivity contribution in [2.75, 3.05) is 5.32 Å². The molecule has 0 fully saturated rings. The summed E-state index contributed by atoms with van der Waals surface area (Å²) in [6, 6.07) is 11.3. The van der Waals surface area contributed by atoms with Gasteiger partial charge in [-0.05, 0) is 31.2 Å². The Bertz CT molecular complexity index is 830. The van der Waals surface area contributed by atoms with Crippen molar-refractivity contribution in [2.45, 2.75) is 20.0 Å². The summed E-state index contributed by atoms with van der Waals surface area (Å²) in [7, 11) is 0. The van der Waals surface area contributed by atoms with E-state index in [4.69, 9.17) is 23.2 Å². The summed E-state index contributed by atoms with van der Waals surface area (Å²) in [5, 5.41) is 14.1. The van der Waals surface area contributed by atoms with Crippen LogP contribution in [0.25, 0.3) is 11.0 Å². The number of aromatic amines is 1. The molecule has 0 aliphatic rings. The largest absolute Gasteiger partial charge is 0.506 e. The van der Waals surface area contributed by atoms with Crippen LogP contribution in [0.15, 0.2) is 36.4 Å². The molecule has 0 amide bonds. The third kappa shape index (κ3) is 2.72. The lowest BCUT2D eigenvalue weighted by atomic mass is 10.2. The molecule has 22 heavy (non-hydrogen) atoms. The van der Waals surface area contributed by atoms with E-state index >= 15 is 0 Å². The van der Waals surface area contributed by atoms with Crippen LogP contribution >= 0.6 is 23.2 Å². The molecule has 0 bridgehead atoms. The van der Waals surface area contributed by atoms with Gasteiger partial charge in [0, 0.05) is 10.6 Å². The zero-order valence-corrected chi connectivity index (χ0v) is 13.5. The first-order valence-electron chi connectivity index (χ1n) is 7.01. The van der Waals surface area contributed by atoms with Crippen molar-refractivity contribution >= 4 is 40.2 Å². The third-order valence-electron chi connectivity index (χ3n) is 3.59. The Kier molecular flexibility index (Phi) is 4.14. The van der Waals surface area contributed by atoms with E-state index in [1.54, 1.807) is 6.07 Å². The normalized spacial score (nSPS) is 11.0. The minimum Gasteiger partial charge on any atom is -0.506 e. The van der Waals surface area contributed by atoms with Crippen molar-refractivity contribution in [3.05, 3.63) is 52.0 Å². The lowest BCUT2D eigenvalue weighted by Gasteiger charge is -2.06. The van der Waals surface area contributed by atoms with Gasteiger partial charge in [0.2, 0.25) is 0 Å². The molecule has 4 nitrogen and oxygen atoms in total. The number of halogens is 2. The molecule has 3 rings (SSSR count). The van der Waals surface area contributed by atoms with Gasteiger partial charge in [0.1, 0.15) is 16.8 Å². The Morgan fingerprint density at radius 3 is 2.77 bits per heavy atom. The summed E-state index contributed by atoms with van der Waals surface area (Å²) in [6.07, 6.45) is 0. The fourth-order valence-corrected chi connectivity index (χ4v) is 3.07. The summed E-state index contributed by atoms with van der Waals surface area (Å²) in [5.41, 5.74) is 2.83. The summed E-state index contributed by atoms with van der Waals surface area (Å²) < 4.78 is 2.14. The SMILES string of the molecule is CC[n+]1c(NCc2cc(Cl)cc(Cl)c2O)[nH]c2ccccc21. The van der Waals surface area contributed by atoms with E-state index in [9.17, 15) is 5.11 Å². The van der Waals surface area contributed by atoms with Crippen LogP contribution in [0.4, 0.5) is 5.95 Å². The van der Waals surface area contributed by atoms with Crippen molar-refractivity contribution in [1.82, 2.24) is 4.98 Å². The number of aryl methyl sites for hydroxylation is 1. The number of H-pyrrole nitrogens is 1. The van der Waals surface area contributed by atoms with Gasteiger partial charge in [0.25, 0.3) is 0 Å². The lowest BCUT2D eigenvalue weighted by Crippen LogP contribution is -2.34. The quantitative estimate of drug-likeness (QED) is 0.628. The number of nitrogens with one attached hydrogen (secondary N) is 2. The number of para-hydroxylation sites is 2. The third-order valence-corrected chi connectivity index (χ3v) is 4.09. The maximum absolute atomic E-state index is 10.0. The number of hydrogen-bond donors (Lipinski definition) is 3. The summed E-state index contributed by atoms with van der Waals surface area (Å²) in [4.78, 5) is 3.34. The van der Waals surface area contributed by atoms with Gasteiger partial charge in [-0.3, -0.25) is 5.32 Å². The van der Waals surface area contributed by atoms with Crippen molar-refractivity contribution in [2.24, 2.45) is 0 Å². The molecule has 6 heteroatoms. The first-order valence-corrected chi connectivity index (χ1v) is 7.77. The molecule has 0 saturated heterocycles. The molecule has 3 N–H and O–H groups in total. The number of rotatable bonds is 4. The van der Waals surface area contributed by atoms with E-state index in [1.165, 1.54) is 6.07 Å². The Labute approximate surface area is 138 Å². The Balaban J connectivity index is 1.91. The number of nitrogens with zero attached hydrogens (tertiary/aromatic N) is 1. The molecule has 0 radical (unpaired) electrons. The number of imidazole rings is 1. The van der Waals surface area contributed by atoms with E-state index in [-0.39, 0.29) is 10.8 Å². The monoisotopic (exact) mass is 336 g/mol. The van der Waals surface area contributed by atoms with Gasteiger partial charge in [-0.1, -0.05) is 35.3 Å². The maximum Gasteiger partial charge on any atom is 0.356 e. The van der Waals surface area contributed by atoms with Gasteiger partial charge in [-0.25, -0.2) is 9.55 Å². The molecule has 0 aliphatic carbocycles. The first-order chi connectivity index (χ1) is 10.6. The van der Waals surface area contributed by atoms with Gasteiger partial charge in [-0.2, -0.15) is 0 Å². The van der Waals surface area contributed by atoms with Crippen LogP contribution in [-0.4, -0.2) is 10.1 Å². The van der Waals surface area contributed by atoms with Gasteiger partial charge >= 0.3 is 5.95 Å². The minimum atomic E-state index is 0.0535. The smallest absolute Gasteiger partial charge is 0.356 e. The van der Waals surface area contributed by atoms with E-state index in [2.05, 4.69) is 27.9 Å². The van der Waals surface area contributed by atoms with Crippen molar-refractivity contribution in [1.29, 1.82) is 0 Å². The van der Waals surface area contributed by atoms with Crippen LogP contribution in [0.5, 0.6) is 5.75 Å². The van der Waals surface area contributed by atoms with Crippen LogP contribution in [0.3, 0.4) is 0 Å². The molecule has 3 aromatic rings. The molecule has 0 unspecified atom stereocenters. The van der Waals surface area contributed by atoms with Gasteiger partial charge in [0.05, 0.1) is 18.1 Å². The average molecular weight is 337 g/mol. The maximum atomic E-state index is 10.0. The molecule has 1 aromatic heterocycles. The number of phenols is 1. The molecule has 0 spiro atoms. The van der Waals surface area contributed by atoms with E-state index in [0.717, 1.165) is 23.5 Å². The summed E-state index contributed by atoms with van der Waals surface area (Å²) in [6.45, 7) is 3.33. The van der Waals surface area contributed by atoms with Gasteiger partial charge in [-0.15, -0.1) is 0 Å². The standard InChI is InChI=1S/C16H15Cl2N3O/c1-2-21-14-6-4-3-5-13(14)20-16(21)19-9-10-7-11(17)8-12(18)15(10)22/h3-8H,2,9H2,1H3,(H2,19,20,22)/p+1. The Hall–Kier alpha value is -1.91. The predicted octanol–water partition coefficient (Wildman–Crippen LogP) is 4.10. The van der Waals surface area contributed by atoms with E-state index in [1.807, 2.05) is 18.2 Å². The van der Waals surface area contributed by atoms with Gasteiger partial charge < -0.3 is 5.11 Å². The molecule has 114 valence electrons. The first kappa shape index (κ1) is 15.0. The zero-order chi connectivity index (χ0) is 15.7. The van der Waals surface area contributed by atoms with E-state index < -0.39 is 0 Å². The molecular formula is C16H16Cl2N3O+. The second-order valence-corrected chi connectivity index (χ2v) is 5.83. The van der Waals surface area contributed by atoms with E-state index in [0.29, 0.717) is 17.1 Å². The predicted molar refractivity (Wildman–Crippen MR) is 89.6 cm³/mol. The number of phenolic OH excluding ortho intramolecular Hbond substituents is 1. The summed E-state index contributed by atoms with van der Waals surface area (Å²) in [5.74, 6) is 0.928. The zero-order valence-electron chi connectivity index (χ0n) is 12.0. The van der Waals surface area contributed by atoms with Crippen molar-refractivity contribution in [3.63, 3.8) is 0 Å². The molecular weight excluding hydrogens is 321 g/mol. The van der Waals surface area contributed by atoms with Crippen LogP contribution in [0.2, 0.25) is 10.0 Å². The van der Waals surface area contributed by atoms with Crippen LogP contribution in [0.1, 0.15) is 12.5 Å². The number of hydrogen-bond acceptors (Lipinski definition) is 2. The second-order valence-electron chi connectivity index (χ2n) is 4.98. The number of fused-ring (bicyclic) bond motifs is 1.